The van der Waals surface area contributed by atoms with Gasteiger partial charge in [0.1, 0.15) is 0 Å². The van der Waals surface area contributed by atoms with Crippen LogP contribution < -0.4 is 10.6 Å². The van der Waals surface area contributed by atoms with Crippen LogP contribution in [0.5, 0.6) is 0 Å². The molecule has 7 heteroatoms. The average molecular weight is 457 g/mol. The van der Waals surface area contributed by atoms with Crippen molar-refractivity contribution in [2.24, 2.45) is 0 Å². The summed E-state index contributed by atoms with van der Waals surface area (Å²) in [4.78, 5) is 13.0. The van der Waals surface area contributed by atoms with Crippen LogP contribution in [0.4, 0.5) is 10.5 Å². The molecule has 2 unspecified atom stereocenters. The lowest BCUT2D eigenvalue weighted by Gasteiger charge is -2.17. The van der Waals surface area contributed by atoms with E-state index in [0.29, 0.717) is 21.4 Å². The van der Waals surface area contributed by atoms with Crippen molar-refractivity contribution >= 4 is 34.1 Å². The van der Waals surface area contributed by atoms with Crippen molar-refractivity contribution in [3.8, 4) is 0 Å². The third-order valence-electron chi connectivity index (χ3n) is 4.91. The number of aryl methyl sites for hydroxylation is 1. The number of aliphatic hydroxyl groups excluding tert-OH is 1. The summed E-state index contributed by atoms with van der Waals surface area (Å²) in [6.45, 7) is 3.79. The topological polar surface area (TPSA) is 78.4 Å². The highest BCUT2D eigenvalue weighted by atomic mass is 35.5. The quantitative estimate of drug-likeness (QED) is 0.449. The van der Waals surface area contributed by atoms with Crippen molar-refractivity contribution in [2.45, 2.75) is 37.1 Å². The standard InChI is InChI=1S/C24H25ClN2O3S/c1-16-4-3-5-22(23(16)25)17(2)26-24(29)27-20-10-12-21(13-11-20)31(30)15-19-8-6-18(14-28)7-9-19/h3-13,17,28H,14-15H2,1-2H3,(H2,26,27,29). The van der Waals surface area contributed by atoms with Crippen LogP contribution in [0, 0.1) is 6.92 Å². The predicted molar refractivity (Wildman–Crippen MR) is 126 cm³/mol. The van der Waals surface area contributed by atoms with Gasteiger partial charge in [-0.25, -0.2) is 4.79 Å². The van der Waals surface area contributed by atoms with Gasteiger partial charge in [0.25, 0.3) is 0 Å². The molecule has 0 fully saturated rings. The number of urea groups is 1. The van der Waals surface area contributed by atoms with Crippen LogP contribution in [-0.4, -0.2) is 15.3 Å². The summed E-state index contributed by atoms with van der Waals surface area (Å²) >= 11 is 6.34. The zero-order chi connectivity index (χ0) is 22.4. The highest BCUT2D eigenvalue weighted by molar-refractivity contribution is 7.84. The molecule has 0 heterocycles. The lowest BCUT2D eigenvalue weighted by molar-refractivity contribution is 0.249. The number of carbonyl (C=O) groups is 1. The van der Waals surface area contributed by atoms with Gasteiger partial charge in [0, 0.05) is 15.6 Å². The maximum absolute atomic E-state index is 12.6. The average Bonchev–Trinajstić information content (AvgIpc) is 2.76. The summed E-state index contributed by atoms with van der Waals surface area (Å²) < 4.78 is 12.6. The van der Waals surface area contributed by atoms with E-state index < -0.39 is 10.8 Å². The largest absolute Gasteiger partial charge is 0.392 e. The van der Waals surface area contributed by atoms with E-state index >= 15 is 0 Å². The molecule has 3 aromatic rings. The number of nitrogens with one attached hydrogen (secondary N) is 2. The van der Waals surface area contributed by atoms with E-state index in [4.69, 9.17) is 16.7 Å². The number of halogens is 1. The molecule has 3 rings (SSSR count). The molecule has 0 aliphatic carbocycles. The molecule has 3 N–H and O–H groups in total. The van der Waals surface area contributed by atoms with E-state index in [-0.39, 0.29) is 18.7 Å². The maximum Gasteiger partial charge on any atom is 0.319 e. The van der Waals surface area contributed by atoms with E-state index in [9.17, 15) is 9.00 Å². The number of anilines is 1. The fraction of sp³-hybridized carbons (Fsp3) is 0.208. The Morgan fingerprint density at radius 3 is 2.32 bits per heavy atom. The Morgan fingerprint density at radius 2 is 1.68 bits per heavy atom. The molecule has 0 saturated carbocycles. The van der Waals surface area contributed by atoms with Crippen LogP contribution in [0.15, 0.2) is 71.6 Å². The lowest BCUT2D eigenvalue weighted by Crippen LogP contribution is -2.31. The SMILES string of the molecule is Cc1cccc(C(C)NC(=O)Nc2ccc(S(=O)Cc3ccc(CO)cc3)cc2)c1Cl. The molecule has 31 heavy (non-hydrogen) atoms. The van der Waals surface area contributed by atoms with Crippen molar-refractivity contribution in [3.05, 3.63) is 94.0 Å². The molecular formula is C24H25ClN2O3S. The van der Waals surface area contributed by atoms with Crippen LogP contribution >= 0.6 is 11.6 Å². The van der Waals surface area contributed by atoms with E-state index in [1.165, 1.54) is 0 Å². The highest BCUT2D eigenvalue weighted by Gasteiger charge is 2.14. The number of carbonyl (C=O) groups excluding carboxylic acids is 1. The molecule has 2 amide bonds. The van der Waals surface area contributed by atoms with Gasteiger partial charge in [-0.1, -0.05) is 54.1 Å². The summed E-state index contributed by atoms with van der Waals surface area (Å²) in [5, 5.41) is 15.4. The third kappa shape index (κ3) is 6.17. The summed E-state index contributed by atoms with van der Waals surface area (Å²) in [6.07, 6.45) is 0. The fourth-order valence-electron chi connectivity index (χ4n) is 3.11. The smallest absolute Gasteiger partial charge is 0.319 e. The maximum atomic E-state index is 12.6. The third-order valence-corrected chi connectivity index (χ3v) is 6.82. The Hall–Kier alpha value is -2.67. The summed E-state index contributed by atoms with van der Waals surface area (Å²) in [5.74, 6) is 0.383. The molecule has 0 saturated heterocycles. The van der Waals surface area contributed by atoms with E-state index in [0.717, 1.165) is 22.3 Å². The molecule has 0 aliphatic heterocycles. The van der Waals surface area contributed by atoms with Gasteiger partial charge >= 0.3 is 6.03 Å². The first-order valence-corrected chi connectivity index (χ1v) is 11.6. The first kappa shape index (κ1) is 23.0. The van der Waals surface area contributed by atoms with Gasteiger partial charge in [0.2, 0.25) is 0 Å². The van der Waals surface area contributed by atoms with Crippen molar-refractivity contribution in [1.82, 2.24) is 5.32 Å². The molecule has 0 bridgehead atoms. The van der Waals surface area contributed by atoms with Crippen LogP contribution in [0.3, 0.4) is 0 Å². The number of amides is 2. The Bertz CT molecular complexity index is 1070. The Balaban J connectivity index is 1.57. The van der Waals surface area contributed by atoms with Crippen LogP contribution in [-0.2, 0) is 23.2 Å². The monoisotopic (exact) mass is 456 g/mol. The number of benzene rings is 3. The molecule has 2 atom stereocenters. The summed E-state index contributed by atoms with van der Waals surface area (Å²) in [5.41, 5.74) is 4.17. The van der Waals surface area contributed by atoms with Gasteiger partial charge in [0.15, 0.2) is 0 Å². The molecule has 162 valence electrons. The van der Waals surface area contributed by atoms with E-state index in [1.54, 1.807) is 24.3 Å². The molecule has 0 aliphatic rings. The molecule has 0 aromatic heterocycles. The first-order chi connectivity index (χ1) is 14.9. The molecule has 5 nitrogen and oxygen atoms in total. The normalized spacial score (nSPS) is 12.8. The van der Waals surface area contributed by atoms with Gasteiger partial charge in [-0.2, -0.15) is 0 Å². The molecule has 0 radical (unpaired) electrons. The minimum absolute atomic E-state index is 0.0117. The van der Waals surface area contributed by atoms with Crippen LogP contribution in [0.25, 0.3) is 0 Å². The second-order valence-electron chi connectivity index (χ2n) is 7.29. The molecular weight excluding hydrogens is 432 g/mol. The van der Waals surface area contributed by atoms with Gasteiger partial charge in [-0.05, 0) is 60.4 Å². The van der Waals surface area contributed by atoms with Crippen molar-refractivity contribution in [2.75, 3.05) is 5.32 Å². The minimum Gasteiger partial charge on any atom is -0.392 e. The minimum atomic E-state index is -1.21. The zero-order valence-corrected chi connectivity index (χ0v) is 19.0. The summed E-state index contributed by atoms with van der Waals surface area (Å²) in [6, 6.07) is 19.5. The zero-order valence-electron chi connectivity index (χ0n) is 17.4. The van der Waals surface area contributed by atoms with Crippen molar-refractivity contribution in [1.29, 1.82) is 0 Å². The molecule has 3 aromatic carbocycles. The second-order valence-corrected chi connectivity index (χ2v) is 9.12. The van der Waals surface area contributed by atoms with E-state index in [2.05, 4.69) is 10.6 Å². The molecule has 0 spiro atoms. The highest BCUT2D eigenvalue weighted by Crippen LogP contribution is 2.26. The Morgan fingerprint density at radius 1 is 1.03 bits per heavy atom. The Labute approximate surface area is 189 Å². The number of rotatable bonds is 7. The van der Waals surface area contributed by atoms with Crippen LogP contribution in [0.1, 0.15) is 35.2 Å². The summed E-state index contributed by atoms with van der Waals surface area (Å²) in [7, 11) is -1.21. The van der Waals surface area contributed by atoms with Crippen molar-refractivity contribution < 1.29 is 14.1 Å². The van der Waals surface area contributed by atoms with Gasteiger partial charge in [-0.3, -0.25) is 4.21 Å². The second kappa shape index (κ2) is 10.6. The van der Waals surface area contributed by atoms with Gasteiger partial charge in [-0.15, -0.1) is 0 Å². The van der Waals surface area contributed by atoms with Gasteiger partial charge in [0.05, 0.1) is 29.2 Å². The van der Waals surface area contributed by atoms with Crippen LogP contribution in [0.2, 0.25) is 5.02 Å². The Kier molecular flexibility index (Phi) is 7.85. The lowest BCUT2D eigenvalue weighted by atomic mass is 10.1. The number of hydrogen-bond acceptors (Lipinski definition) is 3. The predicted octanol–water partition coefficient (Wildman–Crippen LogP) is 5.33. The number of aliphatic hydroxyl groups is 1. The fourth-order valence-corrected chi connectivity index (χ4v) is 4.50. The van der Waals surface area contributed by atoms with Crippen molar-refractivity contribution in [3.63, 3.8) is 0 Å². The first-order valence-electron chi connectivity index (χ1n) is 9.87. The van der Waals surface area contributed by atoms with E-state index in [1.807, 2.05) is 56.3 Å². The number of hydrogen-bond donors (Lipinski definition) is 3. The van der Waals surface area contributed by atoms with Gasteiger partial charge < -0.3 is 15.7 Å².